The maximum absolute atomic E-state index is 10.3. The van der Waals surface area contributed by atoms with E-state index in [0.29, 0.717) is 0 Å². The average Bonchev–Trinajstić information content (AvgIpc) is 2.77. The summed E-state index contributed by atoms with van der Waals surface area (Å²) in [4.78, 5) is 0. The fourth-order valence-corrected chi connectivity index (χ4v) is 4.31. The van der Waals surface area contributed by atoms with Gasteiger partial charge in [-0.2, -0.15) is 0 Å². The smallest absolute Gasteiger partial charge is 0.186 e. The Morgan fingerprint density at radius 2 is 1.22 bits per heavy atom. The molecule has 14 atom stereocenters. The van der Waals surface area contributed by atoms with Crippen molar-refractivity contribution in [2.45, 2.75) is 98.5 Å². The van der Waals surface area contributed by atoms with Gasteiger partial charge in [0.05, 0.1) is 24.9 Å². The van der Waals surface area contributed by atoms with E-state index in [1.54, 1.807) is 0 Å². The molecule has 32 heavy (non-hydrogen) atoms. The summed E-state index contributed by atoms with van der Waals surface area (Å²) in [7, 11) is 0. The lowest BCUT2D eigenvalue weighted by Crippen LogP contribution is -2.65. The molecule has 0 bridgehead atoms. The molecule has 0 aromatic carbocycles. The zero-order valence-electron chi connectivity index (χ0n) is 17.5. The molecule has 1 aliphatic carbocycles. The molecule has 1 saturated carbocycles. The molecule has 14 heteroatoms. The summed E-state index contributed by atoms with van der Waals surface area (Å²) in [6, 6.07) is -2.22. The van der Waals surface area contributed by atoms with Gasteiger partial charge in [-0.3, -0.25) is 0 Å². The van der Waals surface area contributed by atoms with E-state index in [1.807, 2.05) is 0 Å². The van der Waals surface area contributed by atoms with Crippen molar-refractivity contribution in [1.82, 2.24) is 0 Å². The van der Waals surface area contributed by atoms with Crippen molar-refractivity contribution in [3.8, 4) is 0 Å². The van der Waals surface area contributed by atoms with Crippen molar-refractivity contribution in [2.24, 2.45) is 22.9 Å². The van der Waals surface area contributed by atoms with Crippen molar-refractivity contribution in [3.63, 3.8) is 0 Å². The van der Waals surface area contributed by atoms with Gasteiger partial charge in [-0.1, -0.05) is 0 Å². The monoisotopic (exact) mass is 468 g/mol. The lowest BCUT2D eigenvalue weighted by Gasteiger charge is -2.46. The van der Waals surface area contributed by atoms with Crippen LogP contribution in [0.1, 0.15) is 12.8 Å². The van der Waals surface area contributed by atoms with Crippen molar-refractivity contribution >= 4 is 0 Å². The van der Waals surface area contributed by atoms with E-state index in [9.17, 15) is 30.6 Å². The minimum absolute atomic E-state index is 0.104. The highest BCUT2D eigenvalue weighted by Crippen LogP contribution is 2.30. The molecule has 3 rings (SSSR count). The van der Waals surface area contributed by atoms with Gasteiger partial charge in [0.25, 0.3) is 0 Å². The van der Waals surface area contributed by atoms with E-state index in [2.05, 4.69) is 0 Å². The molecule has 2 aliphatic heterocycles. The molecule has 14 N–H and O–H groups in total. The molecule has 0 aromatic heterocycles. The van der Waals surface area contributed by atoms with Gasteiger partial charge >= 0.3 is 0 Å². The summed E-state index contributed by atoms with van der Waals surface area (Å²) >= 11 is 0. The van der Waals surface area contributed by atoms with Gasteiger partial charge < -0.3 is 72.5 Å². The first kappa shape index (κ1) is 26.1. The molecule has 0 spiro atoms. The minimum atomic E-state index is -1.54. The fraction of sp³-hybridized carbons (Fsp3) is 1.00. The van der Waals surface area contributed by atoms with E-state index in [4.69, 9.17) is 41.9 Å². The number of hydrogen-bond acceptors (Lipinski definition) is 14. The topological polar surface area (TPSA) is 262 Å². The average molecular weight is 469 g/mol. The maximum Gasteiger partial charge on any atom is 0.186 e. The summed E-state index contributed by atoms with van der Waals surface area (Å²) in [5.41, 5.74) is 23.7. The van der Waals surface area contributed by atoms with Crippen LogP contribution in [0.25, 0.3) is 0 Å². The second-order valence-corrected chi connectivity index (χ2v) is 8.68. The van der Waals surface area contributed by atoms with Crippen LogP contribution in [0, 0.1) is 0 Å². The van der Waals surface area contributed by atoms with E-state index in [1.165, 1.54) is 0 Å². The summed E-state index contributed by atoms with van der Waals surface area (Å²) in [6.45, 7) is -0.630. The van der Waals surface area contributed by atoms with Gasteiger partial charge in [0, 0.05) is 25.0 Å². The second kappa shape index (κ2) is 10.8. The Kier molecular flexibility index (Phi) is 8.79. The summed E-state index contributed by atoms with van der Waals surface area (Å²) in [5.74, 6) is 0. The SMILES string of the molecule is NCC1OC(OC2C[C@H](OC3OC(CO)C(O)C(N)C3O)C(N)CC2N)C(O)C(O)C1O. The van der Waals surface area contributed by atoms with Crippen LogP contribution in [0.2, 0.25) is 0 Å². The van der Waals surface area contributed by atoms with E-state index >= 15 is 0 Å². The van der Waals surface area contributed by atoms with E-state index in [-0.39, 0.29) is 19.4 Å². The Labute approximate surface area is 185 Å². The number of aliphatic hydroxyl groups is 6. The largest absolute Gasteiger partial charge is 0.394 e. The highest BCUT2D eigenvalue weighted by atomic mass is 16.7. The van der Waals surface area contributed by atoms with Crippen LogP contribution in [0.5, 0.6) is 0 Å². The van der Waals surface area contributed by atoms with Crippen LogP contribution in [0.15, 0.2) is 0 Å². The molecule has 2 heterocycles. The molecule has 14 nitrogen and oxygen atoms in total. The van der Waals surface area contributed by atoms with Crippen molar-refractivity contribution in [3.05, 3.63) is 0 Å². The standard InChI is InChI=1S/C18H36N4O10/c19-3-9-13(25)15(27)16(28)18(31-9)30-8-2-7(5(20)1-6(8)21)29-17-14(26)11(22)12(24)10(4-23)32-17/h5-18,23-28H,1-4,19-22H2/t5?,6?,7-,8?,9?,10?,11?,12?,13?,14?,15?,16?,17?,18?/m0/s1. The molecule has 2 saturated heterocycles. The van der Waals surface area contributed by atoms with Crippen molar-refractivity contribution in [1.29, 1.82) is 0 Å². The van der Waals surface area contributed by atoms with Crippen LogP contribution in [0.3, 0.4) is 0 Å². The normalized spacial score (nSPS) is 52.7. The zero-order valence-corrected chi connectivity index (χ0v) is 17.5. The minimum Gasteiger partial charge on any atom is -0.394 e. The van der Waals surface area contributed by atoms with Gasteiger partial charge in [-0.05, 0) is 6.42 Å². The van der Waals surface area contributed by atoms with Crippen LogP contribution >= 0.6 is 0 Å². The Balaban J connectivity index is 1.66. The van der Waals surface area contributed by atoms with Crippen LogP contribution in [0.4, 0.5) is 0 Å². The predicted molar refractivity (Wildman–Crippen MR) is 106 cm³/mol. The number of nitrogens with two attached hydrogens (primary N) is 4. The Bertz CT molecular complexity index is 556. The van der Waals surface area contributed by atoms with E-state index < -0.39 is 92.2 Å². The van der Waals surface area contributed by atoms with E-state index in [0.717, 1.165) is 0 Å². The fourth-order valence-electron chi connectivity index (χ4n) is 4.31. The highest BCUT2D eigenvalue weighted by Gasteiger charge is 2.48. The molecule has 13 unspecified atom stereocenters. The van der Waals surface area contributed by atoms with Crippen LogP contribution < -0.4 is 22.9 Å². The quantitative estimate of drug-likeness (QED) is 0.174. The molecular formula is C18H36N4O10. The molecule has 3 aliphatic rings. The Morgan fingerprint density at radius 1 is 0.688 bits per heavy atom. The van der Waals surface area contributed by atoms with Gasteiger partial charge in [0.2, 0.25) is 0 Å². The van der Waals surface area contributed by atoms with Gasteiger partial charge in [0.15, 0.2) is 12.6 Å². The molecule has 3 fully saturated rings. The number of hydrogen-bond donors (Lipinski definition) is 10. The van der Waals surface area contributed by atoms with Gasteiger partial charge in [-0.25, -0.2) is 0 Å². The summed E-state index contributed by atoms with van der Waals surface area (Å²) in [6.07, 6.45) is -12.7. The first-order valence-corrected chi connectivity index (χ1v) is 10.7. The predicted octanol–water partition coefficient (Wildman–Crippen LogP) is -6.26. The lowest BCUT2D eigenvalue weighted by molar-refractivity contribution is -0.318. The maximum atomic E-state index is 10.3. The second-order valence-electron chi connectivity index (χ2n) is 8.68. The molecule has 0 radical (unpaired) electrons. The third-order valence-electron chi connectivity index (χ3n) is 6.42. The Hall–Kier alpha value is -0.560. The van der Waals surface area contributed by atoms with Crippen LogP contribution in [-0.2, 0) is 18.9 Å². The van der Waals surface area contributed by atoms with Crippen molar-refractivity contribution < 1.29 is 49.6 Å². The van der Waals surface area contributed by atoms with Crippen molar-refractivity contribution in [2.75, 3.05) is 13.2 Å². The third-order valence-corrected chi connectivity index (χ3v) is 6.42. The summed E-state index contributed by atoms with van der Waals surface area (Å²) < 4.78 is 22.6. The highest BCUT2D eigenvalue weighted by molar-refractivity contribution is 4.97. The Morgan fingerprint density at radius 3 is 1.75 bits per heavy atom. The molecule has 188 valence electrons. The third kappa shape index (κ3) is 5.24. The molecule has 0 aromatic rings. The van der Waals surface area contributed by atoms with Gasteiger partial charge in [-0.15, -0.1) is 0 Å². The van der Waals surface area contributed by atoms with Crippen LogP contribution in [-0.4, -0.2) is 129 Å². The first-order valence-electron chi connectivity index (χ1n) is 10.7. The first-order chi connectivity index (χ1) is 15.1. The lowest BCUT2D eigenvalue weighted by atomic mass is 9.86. The van der Waals surface area contributed by atoms with Gasteiger partial charge in [0.1, 0.15) is 42.7 Å². The number of ether oxygens (including phenoxy) is 4. The number of rotatable bonds is 6. The molecule has 0 amide bonds. The zero-order chi connectivity index (χ0) is 23.7. The summed E-state index contributed by atoms with van der Waals surface area (Å²) in [5, 5.41) is 59.9. The molecular weight excluding hydrogens is 432 g/mol. The number of aliphatic hydroxyl groups excluding tert-OH is 6.